The second-order valence-electron chi connectivity index (χ2n) is 6.75. The van der Waals surface area contributed by atoms with Gasteiger partial charge in [0.2, 0.25) is 6.79 Å². The van der Waals surface area contributed by atoms with Crippen molar-refractivity contribution in [1.29, 1.82) is 0 Å². The molecule has 0 aliphatic carbocycles. The van der Waals surface area contributed by atoms with Gasteiger partial charge in [0, 0.05) is 5.56 Å². The summed E-state index contributed by atoms with van der Waals surface area (Å²) in [5, 5.41) is 7.23. The van der Waals surface area contributed by atoms with Gasteiger partial charge in [0.1, 0.15) is 6.04 Å². The molecular formula is C22H23N2O3S+. The summed E-state index contributed by atoms with van der Waals surface area (Å²) in [7, 11) is 0. The van der Waals surface area contributed by atoms with Gasteiger partial charge in [-0.25, -0.2) is 0 Å². The molecule has 4 rings (SSSR count). The van der Waals surface area contributed by atoms with E-state index in [1.807, 2.05) is 49.4 Å². The lowest BCUT2D eigenvalue weighted by molar-refractivity contribution is -0.676. The summed E-state index contributed by atoms with van der Waals surface area (Å²) >= 11 is 1.71. The van der Waals surface area contributed by atoms with Crippen LogP contribution in [0.1, 0.15) is 35.0 Å². The molecular weight excluding hydrogens is 372 g/mol. The first-order chi connectivity index (χ1) is 13.7. The van der Waals surface area contributed by atoms with Crippen LogP contribution in [-0.2, 0) is 4.79 Å². The third-order valence-electron chi connectivity index (χ3n) is 4.82. The fourth-order valence-corrected chi connectivity index (χ4v) is 4.19. The highest BCUT2D eigenvalue weighted by Crippen LogP contribution is 2.34. The van der Waals surface area contributed by atoms with E-state index in [1.165, 1.54) is 10.4 Å². The summed E-state index contributed by atoms with van der Waals surface area (Å²) in [4.78, 5) is 13.8. The Morgan fingerprint density at radius 3 is 2.68 bits per heavy atom. The number of carbonyl (C=O) groups excluding carboxylic acids is 1. The van der Waals surface area contributed by atoms with E-state index in [2.05, 4.69) is 34.2 Å². The minimum absolute atomic E-state index is 0.00246. The van der Waals surface area contributed by atoms with Crippen LogP contribution >= 0.6 is 11.3 Å². The molecule has 3 aromatic rings. The van der Waals surface area contributed by atoms with Crippen LogP contribution in [0.3, 0.4) is 0 Å². The normalized spacial score (nSPS) is 14.5. The average molecular weight is 396 g/mol. The van der Waals surface area contributed by atoms with Gasteiger partial charge < -0.3 is 20.1 Å². The molecule has 0 radical (unpaired) electrons. The smallest absolute Gasteiger partial charge is 0.275 e. The van der Waals surface area contributed by atoms with Crippen molar-refractivity contribution in [3.05, 3.63) is 82.0 Å². The van der Waals surface area contributed by atoms with Gasteiger partial charge in [0.15, 0.2) is 18.0 Å². The molecule has 0 saturated carbocycles. The topological polar surface area (TPSA) is 64.2 Å². The van der Waals surface area contributed by atoms with E-state index in [0.29, 0.717) is 6.54 Å². The van der Waals surface area contributed by atoms with E-state index in [4.69, 9.17) is 9.47 Å². The summed E-state index contributed by atoms with van der Waals surface area (Å²) in [5.41, 5.74) is 2.19. The zero-order valence-electron chi connectivity index (χ0n) is 15.6. The van der Waals surface area contributed by atoms with Crippen LogP contribution in [0.4, 0.5) is 0 Å². The number of fused-ring (bicyclic) bond motifs is 1. The van der Waals surface area contributed by atoms with Crippen LogP contribution < -0.4 is 20.1 Å². The Morgan fingerprint density at radius 2 is 1.89 bits per heavy atom. The molecule has 0 saturated heterocycles. The van der Waals surface area contributed by atoms with Crippen LogP contribution in [0, 0.1) is 0 Å². The Kier molecular flexibility index (Phi) is 5.60. The van der Waals surface area contributed by atoms with Crippen LogP contribution in [-0.4, -0.2) is 19.2 Å². The number of nitrogens with two attached hydrogens (primary N) is 1. The van der Waals surface area contributed by atoms with E-state index in [0.717, 1.165) is 17.1 Å². The number of thiophene rings is 1. The molecule has 1 aliphatic heterocycles. The Hall–Kier alpha value is -2.83. The van der Waals surface area contributed by atoms with Crippen LogP contribution in [0.2, 0.25) is 0 Å². The third kappa shape index (κ3) is 4.18. The van der Waals surface area contributed by atoms with Crippen molar-refractivity contribution < 1.29 is 19.6 Å². The molecule has 5 nitrogen and oxygen atoms in total. The second kappa shape index (κ2) is 8.46. The largest absolute Gasteiger partial charge is 0.454 e. The zero-order chi connectivity index (χ0) is 19.3. The Labute approximate surface area is 168 Å². The van der Waals surface area contributed by atoms with Crippen molar-refractivity contribution in [3.8, 4) is 11.5 Å². The minimum atomic E-state index is -0.104. The Balaban J connectivity index is 1.38. The molecule has 3 N–H and O–H groups in total. The fourth-order valence-electron chi connectivity index (χ4n) is 3.34. The minimum Gasteiger partial charge on any atom is -0.454 e. The predicted octanol–water partition coefficient (Wildman–Crippen LogP) is 3.01. The zero-order valence-corrected chi connectivity index (χ0v) is 16.4. The summed E-state index contributed by atoms with van der Waals surface area (Å²) < 4.78 is 10.8. The van der Waals surface area contributed by atoms with Crippen molar-refractivity contribution in [2.75, 3.05) is 13.3 Å². The summed E-state index contributed by atoms with van der Waals surface area (Å²) in [5.74, 6) is 1.48. The number of quaternary nitrogens is 1. The molecule has 28 heavy (non-hydrogen) atoms. The van der Waals surface area contributed by atoms with Crippen molar-refractivity contribution in [2.45, 2.75) is 19.0 Å². The van der Waals surface area contributed by atoms with Crippen LogP contribution in [0.15, 0.2) is 66.0 Å². The molecule has 0 bridgehead atoms. The standard InChI is InChI=1S/C22H22N2O3S/c1-15(17-9-10-18-19(12-17)27-14-26-18)24-21(25)13-23-22(20-8-5-11-28-20)16-6-3-2-4-7-16/h2-12,15,22-23H,13-14H2,1H3,(H,24,25)/p+1/t15-,22-/m0/s1. The second-order valence-corrected chi connectivity index (χ2v) is 7.72. The van der Waals surface area contributed by atoms with Crippen LogP contribution in [0.5, 0.6) is 11.5 Å². The van der Waals surface area contributed by atoms with Gasteiger partial charge in [-0.15, -0.1) is 11.3 Å². The maximum atomic E-state index is 12.6. The third-order valence-corrected chi connectivity index (χ3v) is 5.78. The maximum Gasteiger partial charge on any atom is 0.275 e. The van der Waals surface area contributed by atoms with Gasteiger partial charge in [-0.2, -0.15) is 0 Å². The van der Waals surface area contributed by atoms with Gasteiger partial charge in [0.05, 0.1) is 10.9 Å². The summed E-state index contributed by atoms with van der Waals surface area (Å²) in [6.45, 7) is 2.58. The van der Waals surface area contributed by atoms with E-state index < -0.39 is 0 Å². The molecule has 2 heterocycles. The van der Waals surface area contributed by atoms with Crippen molar-refractivity contribution >= 4 is 17.2 Å². The lowest BCUT2D eigenvalue weighted by Crippen LogP contribution is -2.87. The Morgan fingerprint density at radius 1 is 1.07 bits per heavy atom. The summed E-state index contributed by atoms with van der Waals surface area (Å²) in [6.07, 6.45) is 0. The first kappa shape index (κ1) is 18.5. The highest BCUT2D eigenvalue weighted by molar-refractivity contribution is 7.10. The molecule has 1 aliphatic rings. The SMILES string of the molecule is C[C@H](NC(=O)C[NH2+][C@@H](c1ccccc1)c1cccs1)c1ccc2c(c1)OCO2. The molecule has 1 aromatic heterocycles. The van der Waals surface area contributed by atoms with Crippen LogP contribution in [0.25, 0.3) is 0 Å². The van der Waals surface area contributed by atoms with E-state index in [9.17, 15) is 4.79 Å². The molecule has 2 atom stereocenters. The molecule has 0 spiro atoms. The lowest BCUT2D eigenvalue weighted by Gasteiger charge is -2.17. The van der Waals surface area contributed by atoms with Crippen molar-refractivity contribution in [2.24, 2.45) is 0 Å². The maximum absolute atomic E-state index is 12.6. The number of amides is 1. The van der Waals surface area contributed by atoms with Gasteiger partial charge in [0.25, 0.3) is 5.91 Å². The number of hydrogen-bond acceptors (Lipinski definition) is 4. The van der Waals surface area contributed by atoms with Crippen molar-refractivity contribution in [1.82, 2.24) is 5.32 Å². The monoisotopic (exact) mass is 395 g/mol. The quantitative estimate of drug-likeness (QED) is 0.646. The Bertz CT molecular complexity index is 928. The molecule has 144 valence electrons. The average Bonchev–Trinajstić information content (AvgIpc) is 3.40. The molecule has 0 fully saturated rings. The first-order valence-electron chi connectivity index (χ1n) is 9.31. The number of ether oxygens (including phenoxy) is 2. The number of hydrogen-bond donors (Lipinski definition) is 2. The van der Waals surface area contributed by atoms with E-state index in [-0.39, 0.29) is 24.8 Å². The van der Waals surface area contributed by atoms with Crippen molar-refractivity contribution in [3.63, 3.8) is 0 Å². The first-order valence-corrected chi connectivity index (χ1v) is 10.2. The van der Waals surface area contributed by atoms with Gasteiger partial charge in [-0.1, -0.05) is 42.5 Å². The number of nitrogens with one attached hydrogen (secondary N) is 1. The van der Waals surface area contributed by atoms with E-state index >= 15 is 0 Å². The van der Waals surface area contributed by atoms with Gasteiger partial charge >= 0.3 is 0 Å². The highest BCUT2D eigenvalue weighted by atomic mass is 32.1. The lowest BCUT2D eigenvalue weighted by atomic mass is 10.1. The van der Waals surface area contributed by atoms with Gasteiger partial charge in [-0.3, -0.25) is 4.79 Å². The molecule has 0 unspecified atom stereocenters. The number of rotatable bonds is 7. The van der Waals surface area contributed by atoms with E-state index in [1.54, 1.807) is 11.3 Å². The van der Waals surface area contributed by atoms with Gasteiger partial charge in [-0.05, 0) is 36.1 Å². The fraction of sp³-hybridized carbons (Fsp3) is 0.227. The molecule has 2 aromatic carbocycles. The highest BCUT2D eigenvalue weighted by Gasteiger charge is 2.21. The summed E-state index contributed by atoms with van der Waals surface area (Å²) in [6, 6.07) is 20.2. The molecule has 1 amide bonds. The number of benzene rings is 2. The molecule has 6 heteroatoms. The number of carbonyl (C=O) groups is 1. The predicted molar refractivity (Wildman–Crippen MR) is 109 cm³/mol.